The van der Waals surface area contributed by atoms with Crippen LogP contribution in [0.2, 0.25) is 0 Å². The molecule has 85 valence electrons. The molecule has 0 atom stereocenters. The zero-order valence-electron chi connectivity index (χ0n) is 6.61. The summed E-state index contributed by atoms with van der Waals surface area (Å²) in [5, 5.41) is 34.1. The van der Waals surface area contributed by atoms with E-state index in [0.717, 1.165) is 0 Å². The maximum absolute atomic E-state index is 7.94. The van der Waals surface area contributed by atoms with Crippen LogP contribution in [0.3, 0.4) is 0 Å². The summed E-state index contributed by atoms with van der Waals surface area (Å²) in [5.74, 6) is 0. The first-order chi connectivity index (χ1) is 7.16. The third-order valence-electron chi connectivity index (χ3n) is 0.0408. The molecule has 0 amide bonds. The van der Waals surface area contributed by atoms with Gasteiger partial charge in [-0.25, -0.2) is 15.8 Å². The number of nitriles is 4. The van der Waals surface area contributed by atoms with Gasteiger partial charge >= 0.3 is 19.5 Å². The van der Waals surface area contributed by atoms with Gasteiger partial charge in [-0.3, -0.25) is 0 Å². The molecule has 0 aliphatic rings. The average molecular weight is 324 g/mol. The van der Waals surface area contributed by atoms with Gasteiger partial charge in [0.15, 0.2) is 5.40 Å². The van der Waals surface area contributed by atoms with E-state index in [9.17, 15) is 0 Å². The van der Waals surface area contributed by atoms with Crippen molar-refractivity contribution in [1.29, 1.82) is 21.0 Å². The number of hydrogen-bond donors (Lipinski definition) is 1. The Morgan fingerprint density at radius 3 is 1.00 bits per heavy atom. The van der Waals surface area contributed by atoms with Gasteiger partial charge < -0.3 is 42.4 Å². The van der Waals surface area contributed by atoms with Crippen LogP contribution in [-0.2, 0) is 57.4 Å². The molecule has 0 fully saturated rings. The van der Waals surface area contributed by atoms with Gasteiger partial charge in [0.1, 0.15) is 12.0 Å². The summed E-state index contributed by atoms with van der Waals surface area (Å²) in [7, 11) is 0. The Morgan fingerprint density at radius 1 is 0.933 bits per heavy atom. The van der Waals surface area contributed by atoms with Crippen molar-refractivity contribution in [2.45, 2.75) is 0 Å². The molecule has 0 radical (unpaired) electrons. The summed E-state index contributed by atoms with van der Waals surface area (Å²) in [6.45, 7) is 0. The fourth-order valence-corrected chi connectivity index (χ4v) is 0. The molecule has 0 aromatic heterocycles. The second-order valence-corrected chi connectivity index (χ2v) is 1.37. The van der Waals surface area contributed by atoms with Crippen LogP contribution >= 0.6 is 12.0 Å². The fourth-order valence-electron chi connectivity index (χ4n) is 0. The maximum atomic E-state index is 7.94. The van der Waals surface area contributed by atoms with E-state index in [2.05, 4.69) is 53.6 Å². The van der Waals surface area contributed by atoms with Crippen molar-refractivity contribution in [3.63, 3.8) is 0 Å². The molecule has 0 saturated carbocycles. The van der Waals surface area contributed by atoms with E-state index in [1.807, 2.05) is 0 Å². The molecule has 0 heterocycles. The predicted molar refractivity (Wildman–Crippen MR) is 55.5 cm³/mol. The first-order valence-electron chi connectivity index (χ1n) is 2.03. The van der Waals surface area contributed by atoms with Crippen LogP contribution in [-0.4, -0.2) is 4.55 Å². The first kappa shape index (κ1) is 29.2. The molecule has 0 aliphatic heterocycles. The molecule has 1 N–H and O–H groups in total. The molecular formula is C4HCoN4O2S4-3. The Bertz CT molecular complexity index is 210. The van der Waals surface area contributed by atoms with E-state index in [4.69, 9.17) is 29.5 Å². The minimum atomic E-state index is 0.162. The van der Waals surface area contributed by atoms with E-state index >= 15 is 0 Å². The summed E-state index contributed by atoms with van der Waals surface area (Å²) >= 11 is 13.6. The quantitative estimate of drug-likeness (QED) is 0.383. The zero-order valence-corrected chi connectivity index (χ0v) is 10.9. The molecular weight excluding hydrogens is 323 g/mol. The number of thiocyanates is 4. The van der Waals surface area contributed by atoms with Crippen molar-refractivity contribution in [2.24, 2.45) is 0 Å². The molecule has 0 saturated heterocycles. The third kappa shape index (κ3) is 29900. The van der Waals surface area contributed by atoms with Crippen molar-refractivity contribution in [3.05, 3.63) is 0 Å². The van der Waals surface area contributed by atoms with Crippen LogP contribution in [0.4, 0.5) is 0 Å². The van der Waals surface area contributed by atoms with Gasteiger partial charge in [0.2, 0.25) is 0 Å². The minimum absolute atomic E-state index is 0.162. The van der Waals surface area contributed by atoms with Gasteiger partial charge in [0.25, 0.3) is 0 Å². The first-order valence-corrected chi connectivity index (χ1v) is 4.45. The van der Waals surface area contributed by atoms with Crippen molar-refractivity contribution in [2.75, 3.05) is 0 Å². The topological polar surface area (TPSA) is 132 Å². The van der Waals surface area contributed by atoms with E-state index in [1.165, 1.54) is 21.6 Å². The Balaban J connectivity index is -0.0000000283. The van der Waals surface area contributed by atoms with Crippen molar-refractivity contribution in [1.82, 2.24) is 0 Å². The number of nitrogens with zero attached hydrogens (tertiary/aromatic N) is 4. The van der Waals surface area contributed by atoms with Crippen LogP contribution in [0.25, 0.3) is 0 Å². The van der Waals surface area contributed by atoms with Crippen molar-refractivity contribution < 1.29 is 24.1 Å². The molecule has 11 heteroatoms. The second-order valence-electron chi connectivity index (χ2n) is 0.456. The molecule has 0 bridgehead atoms. The van der Waals surface area contributed by atoms with Gasteiger partial charge in [-0.1, -0.05) is 16.2 Å². The molecule has 0 unspecified atom stereocenters. The summed E-state index contributed by atoms with van der Waals surface area (Å²) < 4.78 is 15.4. The Morgan fingerprint density at radius 2 is 1.00 bits per heavy atom. The number of rotatable bonds is 0. The third-order valence-corrected chi connectivity index (χ3v) is 0.122. The summed E-state index contributed by atoms with van der Waals surface area (Å²) in [6, 6.07) is 0. The van der Waals surface area contributed by atoms with Gasteiger partial charge in [0, 0.05) is 0 Å². The van der Waals surface area contributed by atoms with Crippen LogP contribution in [0.1, 0.15) is 0 Å². The predicted octanol–water partition coefficient (Wildman–Crippen LogP) is 0.596. The van der Waals surface area contributed by atoms with Crippen molar-refractivity contribution >= 4 is 49.9 Å². The fraction of sp³-hybridized carbons (Fsp3) is 0. The van der Waals surface area contributed by atoms with E-state index in [-0.39, 0.29) is 12.0 Å². The molecule has 0 aromatic carbocycles. The second kappa shape index (κ2) is 110. The standard InChI is InChI=1S/CHNOS.3CHNS.Co.O/c2-1-4-3;3*2-1-3;;/h3H;3*3H;;/p-3. The zero-order chi connectivity index (χ0) is 13.5. The Labute approximate surface area is 116 Å². The van der Waals surface area contributed by atoms with E-state index in [0.29, 0.717) is 0 Å². The van der Waals surface area contributed by atoms with E-state index in [1.54, 1.807) is 0 Å². The van der Waals surface area contributed by atoms with Crippen LogP contribution in [0.5, 0.6) is 0 Å². The average Bonchev–Trinajstić information content (AvgIpc) is 2.24. The Hall–Kier alpha value is -0.764. The van der Waals surface area contributed by atoms with Crippen LogP contribution < -0.4 is 0 Å². The summed E-state index contributed by atoms with van der Waals surface area (Å²) in [5.41, 5.74) is 0. The van der Waals surface area contributed by atoms with Crippen LogP contribution in [0.15, 0.2) is 0 Å². The SMILES string of the molecule is N#CSO.N#C[S-].N#C[S-].N#C[S-].[O]=[Co]. The molecule has 0 rings (SSSR count). The van der Waals surface area contributed by atoms with Crippen LogP contribution in [0, 0.1) is 42.7 Å². The molecule has 6 nitrogen and oxygen atoms in total. The molecule has 0 spiro atoms. The summed E-state index contributed by atoms with van der Waals surface area (Å²) in [6.07, 6.45) is 0. The van der Waals surface area contributed by atoms with Gasteiger partial charge in [-0.2, -0.15) is 5.26 Å². The van der Waals surface area contributed by atoms with Crippen molar-refractivity contribution in [3.8, 4) is 21.6 Å². The van der Waals surface area contributed by atoms with Gasteiger partial charge in [-0.05, 0) is 0 Å². The molecule has 15 heavy (non-hydrogen) atoms. The summed E-state index contributed by atoms with van der Waals surface area (Å²) in [4.78, 5) is 0. The molecule has 0 aliphatic carbocycles. The molecule has 0 aromatic rings. The normalized spacial score (nSPS) is 3.07. The Kier molecular flexibility index (Phi) is 215. The van der Waals surface area contributed by atoms with Gasteiger partial charge in [-0.15, -0.1) is 0 Å². The van der Waals surface area contributed by atoms with E-state index < -0.39 is 0 Å². The monoisotopic (exact) mass is 324 g/mol. The van der Waals surface area contributed by atoms with Gasteiger partial charge in [0.05, 0.1) is 0 Å². The number of hydrogen-bond acceptors (Lipinski definition) is 10.